The van der Waals surface area contributed by atoms with Gasteiger partial charge in [0, 0.05) is 24.5 Å². The minimum atomic E-state index is -0.971. The zero-order valence-electron chi connectivity index (χ0n) is 18.8. The van der Waals surface area contributed by atoms with Crippen LogP contribution in [0.25, 0.3) is 0 Å². The predicted octanol–water partition coefficient (Wildman–Crippen LogP) is 5.82. The van der Waals surface area contributed by atoms with Gasteiger partial charge in [-0.15, -0.1) is 0 Å². The van der Waals surface area contributed by atoms with Crippen molar-refractivity contribution >= 4 is 23.4 Å². The van der Waals surface area contributed by atoms with E-state index in [1.165, 1.54) is 11.1 Å². The zero-order chi connectivity index (χ0) is 22.3. The maximum Gasteiger partial charge on any atom is 0.335 e. The molecule has 0 aliphatic carbocycles. The molecule has 1 saturated heterocycles. The molecule has 1 N–H and O–H groups in total. The Balaban J connectivity index is 1.99. The van der Waals surface area contributed by atoms with E-state index in [0.717, 1.165) is 17.8 Å². The van der Waals surface area contributed by atoms with Crippen molar-refractivity contribution in [2.45, 2.75) is 58.8 Å². The summed E-state index contributed by atoms with van der Waals surface area (Å²) in [6, 6.07) is 12.9. The topological polar surface area (TPSA) is 60.9 Å². The Hall–Kier alpha value is -2.82. The molecule has 0 saturated carbocycles. The number of aromatic carboxylic acids is 1. The average Bonchev–Trinajstić information content (AvgIpc) is 2.66. The fourth-order valence-electron chi connectivity index (χ4n) is 3.62. The van der Waals surface area contributed by atoms with Crippen LogP contribution in [0.1, 0.15) is 69.4 Å². The van der Waals surface area contributed by atoms with Gasteiger partial charge in [0.1, 0.15) is 0 Å². The van der Waals surface area contributed by atoms with Crippen LogP contribution < -0.4 is 9.80 Å². The van der Waals surface area contributed by atoms with E-state index in [9.17, 15) is 9.59 Å². The molecule has 160 valence electrons. The number of benzene rings is 2. The molecule has 0 aromatic heterocycles. The molecule has 5 heteroatoms. The van der Waals surface area contributed by atoms with E-state index >= 15 is 0 Å². The molecule has 2 aromatic rings. The van der Waals surface area contributed by atoms with Gasteiger partial charge in [-0.05, 0) is 64.8 Å². The molecule has 0 unspecified atom stereocenters. The molecule has 0 spiro atoms. The maximum absolute atomic E-state index is 13.4. The predicted molar refractivity (Wildman–Crippen MR) is 122 cm³/mol. The molecular weight excluding hydrogens is 376 g/mol. The highest BCUT2D eigenvalue weighted by Gasteiger charge is 2.30. The second kappa shape index (κ2) is 7.78. The molecule has 1 aliphatic rings. The third-order valence-electron chi connectivity index (χ3n) is 5.61. The first-order valence-electron chi connectivity index (χ1n) is 10.5. The highest BCUT2D eigenvalue weighted by molar-refractivity contribution is 6.04. The van der Waals surface area contributed by atoms with Crippen LogP contribution in [0.15, 0.2) is 42.5 Å². The number of anilines is 2. The van der Waals surface area contributed by atoms with Crippen molar-refractivity contribution < 1.29 is 14.7 Å². The Morgan fingerprint density at radius 1 is 0.800 bits per heavy atom. The Kier molecular flexibility index (Phi) is 5.68. The lowest BCUT2D eigenvalue weighted by Crippen LogP contribution is -2.49. The van der Waals surface area contributed by atoms with Crippen molar-refractivity contribution in [2.75, 3.05) is 22.9 Å². The van der Waals surface area contributed by atoms with Crippen molar-refractivity contribution in [2.24, 2.45) is 0 Å². The number of rotatable bonds is 3. The summed E-state index contributed by atoms with van der Waals surface area (Å²) in [5.74, 6) is -0.971. The van der Waals surface area contributed by atoms with Gasteiger partial charge in [0.25, 0.3) is 0 Å². The average molecular weight is 409 g/mol. The number of amides is 2. The number of nitrogens with zero attached hydrogens (tertiary/aromatic N) is 2. The largest absolute Gasteiger partial charge is 0.478 e. The summed E-state index contributed by atoms with van der Waals surface area (Å²) < 4.78 is 0. The standard InChI is InChI=1S/C25H32N2O3/c1-24(2,3)18-14-19(25(4,5)6)16-21(15-18)27-13-7-12-26(23(27)30)20-10-8-17(9-11-20)22(28)29/h8-11,14-16H,7,12-13H2,1-6H3,(H,28,29). The number of carboxylic acid groups (broad SMARTS) is 1. The number of hydrogen-bond donors (Lipinski definition) is 1. The lowest BCUT2D eigenvalue weighted by Gasteiger charge is -2.37. The first-order valence-corrected chi connectivity index (χ1v) is 10.5. The molecule has 2 amide bonds. The molecule has 5 nitrogen and oxygen atoms in total. The summed E-state index contributed by atoms with van der Waals surface area (Å²) in [5, 5.41) is 9.12. The van der Waals surface area contributed by atoms with Gasteiger partial charge >= 0.3 is 12.0 Å². The number of urea groups is 1. The normalized spacial score (nSPS) is 15.5. The Morgan fingerprint density at radius 3 is 1.70 bits per heavy atom. The maximum atomic E-state index is 13.4. The lowest BCUT2D eigenvalue weighted by atomic mass is 9.80. The highest BCUT2D eigenvalue weighted by atomic mass is 16.4. The van der Waals surface area contributed by atoms with Gasteiger partial charge in [0.05, 0.1) is 5.56 Å². The van der Waals surface area contributed by atoms with Gasteiger partial charge in [0.2, 0.25) is 0 Å². The molecule has 30 heavy (non-hydrogen) atoms. The summed E-state index contributed by atoms with van der Waals surface area (Å²) in [6.45, 7) is 14.4. The third kappa shape index (κ3) is 4.50. The van der Waals surface area contributed by atoms with Crippen molar-refractivity contribution in [3.05, 3.63) is 59.2 Å². The van der Waals surface area contributed by atoms with E-state index in [0.29, 0.717) is 13.1 Å². The van der Waals surface area contributed by atoms with E-state index in [2.05, 4.69) is 59.7 Å². The molecule has 1 heterocycles. The smallest absolute Gasteiger partial charge is 0.335 e. The van der Waals surface area contributed by atoms with Crippen molar-refractivity contribution in [3.63, 3.8) is 0 Å². The molecule has 0 bridgehead atoms. The molecule has 1 fully saturated rings. The van der Waals surface area contributed by atoms with Gasteiger partial charge in [-0.1, -0.05) is 47.6 Å². The quantitative estimate of drug-likeness (QED) is 0.696. The minimum Gasteiger partial charge on any atom is -0.478 e. The monoisotopic (exact) mass is 408 g/mol. The summed E-state index contributed by atoms with van der Waals surface area (Å²) in [5.41, 5.74) is 4.22. The fourth-order valence-corrected chi connectivity index (χ4v) is 3.62. The summed E-state index contributed by atoms with van der Waals surface area (Å²) in [6.07, 6.45) is 0.844. The molecule has 3 rings (SSSR count). The minimum absolute atomic E-state index is 0.0266. The molecule has 0 atom stereocenters. The Morgan fingerprint density at radius 2 is 1.27 bits per heavy atom. The molecule has 2 aromatic carbocycles. The van der Waals surface area contributed by atoms with Gasteiger partial charge in [0.15, 0.2) is 0 Å². The van der Waals surface area contributed by atoms with Crippen molar-refractivity contribution in [3.8, 4) is 0 Å². The second-order valence-electron chi connectivity index (χ2n) is 10.1. The second-order valence-corrected chi connectivity index (χ2v) is 10.1. The molecule has 1 aliphatic heterocycles. The van der Waals surface area contributed by atoms with E-state index in [1.807, 2.05) is 4.90 Å². The van der Waals surface area contributed by atoms with Crippen LogP contribution in [0, 0.1) is 0 Å². The first kappa shape index (κ1) is 21.9. The lowest BCUT2D eigenvalue weighted by molar-refractivity contribution is 0.0697. The van der Waals surface area contributed by atoms with Gasteiger partial charge in [-0.3, -0.25) is 9.80 Å². The van der Waals surface area contributed by atoms with Crippen LogP contribution in [0.5, 0.6) is 0 Å². The SMILES string of the molecule is CC(C)(C)c1cc(N2CCCN(c3ccc(C(=O)O)cc3)C2=O)cc(C(C)(C)C)c1. The van der Waals surface area contributed by atoms with Gasteiger partial charge in [-0.25, -0.2) is 9.59 Å². The van der Waals surface area contributed by atoms with E-state index in [4.69, 9.17) is 5.11 Å². The van der Waals surface area contributed by atoms with E-state index in [1.54, 1.807) is 29.2 Å². The summed E-state index contributed by atoms with van der Waals surface area (Å²) >= 11 is 0. The molecular formula is C25H32N2O3. The van der Waals surface area contributed by atoms with Crippen LogP contribution in [-0.4, -0.2) is 30.2 Å². The van der Waals surface area contributed by atoms with Crippen molar-refractivity contribution in [1.82, 2.24) is 0 Å². The van der Waals surface area contributed by atoms with E-state index < -0.39 is 5.97 Å². The van der Waals surface area contributed by atoms with Crippen LogP contribution in [0.4, 0.5) is 16.2 Å². The van der Waals surface area contributed by atoms with Gasteiger partial charge < -0.3 is 5.11 Å². The molecule has 0 radical (unpaired) electrons. The van der Waals surface area contributed by atoms with Crippen molar-refractivity contribution in [1.29, 1.82) is 0 Å². The Bertz CT molecular complexity index is 918. The van der Waals surface area contributed by atoms with Crippen LogP contribution in [-0.2, 0) is 10.8 Å². The third-order valence-corrected chi connectivity index (χ3v) is 5.61. The number of hydrogen-bond acceptors (Lipinski definition) is 2. The van der Waals surface area contributed by atoms with Crippen LogP contribution >= 0.6 is 0 Å². The zero-order valence-corrected chi connectivity index (χ0v) is 18.8. The number of carbonyl (C=O) groups excluding carboxylic acids is 1. The number of carbonyl (C=O) groups is 2. The van der Waals surface area contributed by atoms with E-state index in [-0.39, 0.29) is 22.4 Å². The summed E-state index contributed by atoms with van der Waals surface area (Å²) in [7, 11) is 0. The van der Waals surface area contributed by atoms with Crippen LogP contribution in [0.2, 0.25) is 0 Å². The number of carboxylic acids is 1. The Labute approximate surface area is 179 Å². The highest BCUT2D eigenvalue weighted by Crippen LogP contribution is 2.35. The van der Waals surface area contributed by atoms with Gasteiger partial charge in [-0.2, -0.15) is 0 Å². The van der Waals surface area contributed by atoms with Crippen LogP contribution in [0.3, 0.4) is 0 Å². The fraction of sp³-hybridized carbons (Fsp3) is 0.440. The summed E-state index contributed by atoms with van der Waals surface area (Å²) in [4.78, 5) is 28.1. The first-order chi connectivity index (χ1) is 13.9.